The maximum atomic E-state index is 13.2. The molecule has 152 valence electrons. The maximum Gasteiger partial charge on any atom is 0.268 e. The summed E-state index contributed by atoms with van der Waals surface area (Å²) < 4.78 is 7.33. The second-order valence-corrected chi connectivity index (χ2v) is 7.65. The van der Waals surface area contributed by atoms with E-state index >= 15 is 0 Å². The van der Waals surface area contributed by atoms with Crippen molar-refractivity contribution in [3.8, 4) is 11.5 Å². The van der Waals surface area contributed by atoms with E-state index in [2.05, 4.69) is 5.32 Å². The highest BCUT2D eigenvalue weighted by molar-refractivity contribution is 7.17. The fourth-order valence-electron chi connectivity index (χ4n) is 3.39. The summed E-state index contributed by atoms with van der Waals surface area (Å²) in [7, 11) is 1.56. The Kier molecular flexibility index (Phi) is 5.54. The van der Waals surface area contributed by atoms with Crippen molar-refractivity contribution < 1.29 is 14.6 Å². The zero-order valence-corrected chi connectivity index (χ0v) is 17.1. The molecule has 6 nitrogen and oxygen atoms in total. The van der Waals surface area contributed by atoms with Crippen molar-refractivity contribution in [3.05, 3.63) is 93.1 Å². The lowest BCUT2D eigenvalue weighted by atomic mass is 10.1. The quantitative estimate of drug-likeness (QED) is 0.498. The molecule has 2 heterocycles. The van der Waals surface area contributed by atoms with Crippen LogP contribution in [0.15, 0.2) is 70.8 Å². The maximum absolute atomic E-state index is 13.2. The van der Waals surface area contributed by atoms with Gasteiger partial charge in [0.25, 0.3) is 11.5 Å². The summed E-state index contributed by atoms with van der Waals surface area (Å²) in [5.41, 5.74) is 1.52. The normalized spacial score (nSPS) is 10.8. The number of nitrogens with one attached hydrogen (secondary N) is 1. The van der Waals surface area contributed by atoms with Crippen molar-refractivity contribution in [2.45, 2.75) is 13.1 Å². The predicted octanol–water partition coefficient (Wildman–Crippen LogP) is 3.76. The number of pyridine rings is 1. The van der Waals surface area contributed by atoms with E-state index in [0.717, 1.165) is 11.1 Å². The van der Waals surface area contributed by atoms with Crippen LogP contribution in [0.5, 0.6) is 11.5 Å². The molecule has 0 saturated carbocycles. The minimum atomic E-state index is -0.625. The number of carbonyl (C=O) groups is 1. The molecule has 1 amide bonds. The van der Waals surface area contributed by atoms with Gasteiger partial charge < -0.3 is 19.7 Å². The number of nitrogens with zero attached hydrogens (tertiary/aromatic N) is 1. The summed E-state index contributed by atoms with van der Waals surface area (Å²) >= 11 is 1.29. The third kappa shape index (κ3) is 3.67. The zero-order valence-electron chi connectivity index (χ0n) is 16.3. The van der Waals surface area contributed by atoms with Crippen LogP contribution in [0.2, 0.25) is 0 Å². The molecule has 7 heteroatoms. The van der Waals surface area contributed by atoms with Gasteiger partial charge in [-0.05, 0) is 23.1 Å². The van der Waals surface area contributed by atoms with Crippen LogP contribution >= 0.6 is 11.3 Å². The molecule has 0 fully saturated rings. The van der Waals surface area contributed by atoms with E-state index in [0.29, 0.717) is 22.5 Å². The van der Waals surface area contributed by atoms with Crippen molar-refractivity contribution in [1.82, 2.24) is 9.88 Å². The third-order valence-electron chi connectivity index (χ3n) is 4.89. The highest BCUT2D eigenvalue weighted by Crippen LogP contribution is 2.31. The van der Waals surface area contributed by atoms with Crippen LogP contribution in [0, 0.1) is 0 Å². The molecular weight excluding hydrogens is 400 g/mol. The van der Waals surface area contributed by atoms with Gasteiger partial charge in [-0.2, -0.15) is 0 Å². The molecule has 4 rings (SSSR count). The first-order valence-corrected chi connectivity index (χ1v) is 10.2. The van der Waals surface area contributed by atoms with Gasteiger partial charge in [0, 0.05) is 12.1 Å². The number of para-hydroxylation sites is 1. The molecular formula is C23H20N2O4S. The Hall–Kier alpha value is -3.58. The van der Waals surface area contributed by atoms with Crippen LogP contribution in [0.1, 0.15) is 21.5 Å². The number of fused-ring (bicyclic) bond motifs is 1. The number of aromatic hydroxyl groups is 1. The van der Waals surface area contributed by atoms with Crippen molar-refractivity contribution in [1.29, 1.82) is 0 Å². The summed E-state index contributed by atoms with van der Waals surface area (Å²) in [5, 5.41) is 15.2. The van der Waals surface area contributed by atoms with Gasteiger partial charge in [-0.15, -0.1) is 11.3 Å². The molecule has 0 bridgehead atoms. The van der Waals surface area contributed by atoms with Gasteiger partial charge in [-0.3, -0.25) is 9.59 Å². The molecule has 2 N–H and O–H groups in total. The average Bonchev–Trinajstić information content (AvgIpc) is 3.26. The molecule has 0 saturated heterocycles. The Labute approximate surface area is 177 Å². The van der Waals surface area contributed by atoms with Crippen molar-refractivity contribution in [2.24, 2.45) is 0 Å². The van der Waals surface area contributed by atoms with Gasteiger partial charge in [0.1, 0.15) is 11.3 Å². The van der Waals surface area contributed by atoms with Crippen molar-refractivity contribution in [2.75, 3.05) is 7.11 Å². The number of ether oxygens (including phenoxy) is 1. The Morgan fingerprint density at radius 2 is 1.83 bits per heavy atom. The van der Waals surface area contributed by atoms with Gasteiger partial charge in [-0.25, -0.2) is 0 Å². The van der Waals surface area contributed by atoms with Gasteiger partial charge in [-0.1, -0.05) is 48.5 Å². The van der Waals surface area contributed by atoms with Crippen LogP contribution in [-0.2, 0) is 13.1 Å². The van der Waals surface area contributed by atoms with Crippen molar-refractivity contribution >= 4 is 27.5 Å². The zero-order chi connectivity index (χ0) is 21.1. The summed E-state index contributed by atoms with van der Waals surface area (Å²) in [6.07, 6.45) is 0. The highest BCUT2D eigenvalue weighted by atomic mass is 32.1. The molecule has 2 aromatic heterocycles. The smallest absolute Gasteiger partial charge is 0.268 e. The molecule has 0 spiro atoms. The molecule has 2 aromatic carbocycles. The van der Waals surface area contributed by atoms with Crippen LogP contribution < -0.4 is 15.6 Å². The monoisotopic (exact) mass is 420 g/mol. The number of hydrogen-bond donors (Lipinski definition) is 2. The number of amides is 1. The topological polar surface area (TPSA) is 80.6 Å². The molecule has 0 aliphatic rings. The summed E-state index contributed by atoms with van der Waals surface area (Å²) in [5.74, 6) is -0.274. The number of thiophene rings is 1. The second kappa shape index (κ2) is 8.42. The Morgan fingerprint density at radius 3 is 2.60 bits per heavy atom. The molecule has 0 unspecified atom stereocenters. The summed E-state index contributed by atoms with van der Waals surface area (Å²) in [4.78, 5) is 26.1. The standard InChI is InChI=1S/C23H20N2O4S/c1-29-18-10-6-5-9-16(18)13-24-22(27)19-20(26)21-17(11-12-30-21)25(23(19)28)14-15-7-3-2-4-8-15/h2-12,26H,13-14H2,1H3,(H,24,27). The molecule has 30 heavy (non-hydrogen) atoms. The number of benzene rings is 2. The van der Waals surface area contributed by atoms with E-state index in [9.17, 15) is 14.7 Å². The third-order valence-corrected chi connectivity index (χ3v) is 5.80. The first-order valence-electron chi connectivity index (χ1n) is 9.37. The fourth-order valence-corrected chi connectivity index (χ4v) is 4.24. The number of hydrogen-bond acceptors (Lipinski definition) is 5. The lowest BCUT2D eigenvalue weighted by Gasteiger charge is -2.14. The van der Waals surface area contributed by atoms with E-state index in [-0.39, 0.29) is 17.9 Å². The second-order valence-electron chi connectivity index (χ2n) is 6.73. The lowest BCUT2D eigenvalue weighted by Crippen LogP contribution is -2.33. The fraction of sp³-hybridized carbons (Fsp3) is 0.130. The Morgan fingerprint density at radius 1 is 1.10 bits per heavy atom. The molecule has 0 atom stereocenters. The summed E-state index contributed by atoms with van der Waals surface area (Å²) in [6, 6.07) is 18.6. The predicted molar refractivity (Wildman–Crippen MR) is 117 cm³/mol. The van der Waals surface area contributed by atoms with Crippen molar-refractivity contribution in [3.63, 3.8) is 0 Å². The lowest BCUT2D eigenvalue weighted by molar-refractivity contribution is 0.0946. The molecule has 0 radical (unpaired) electrons. The van der Waals surface area contributed by atoms with E-state index in [1.54, 1.807) is 24.6 Å². The molecule has 0 aliphatic carbocycles. The average molecular weight is 420 g/mol. The van der Waals surface area contributed by atoms with Crippen LogP contribution in [0.3, 0.4) is 0 Å². The van der Waals surface area contributed by atoms with E-state index < -0.39 is 11.5 Å². The number of aromatic nitrogens is 1. The largest absolute Gasteiger partial charge is 0.505 e. The number of methoxy groups -OCH3 is 1. The molecule has 4 aromatic rings. The van der Waals surface area contributed by atoms with Crippen LogP contribution in [0.4, 0.5) is 0 Å². The molecule has 0 aliphatic heterocycles. The summed E-state index contributed by atoms with van der Waals surface area (Å²) in [6.45, 7) is 0.475. The van der Waals surface area contributed by atoms with Gasteiger partial charge in [0.05, 0.1) is 23.9 Å². The Bertz CT molecular complexity index is 1260. The number of rotatable bonds is 6. The van der Waals surface area contributed by atoms with E-state index in [1.807, 2.05) is 48.5 Å². The Balaban J connectivity index is 1.71. The van der Waals surface area contributed by atoms with Gasteiger partial charge in [0.2, 0.25) is 0 Å². The first kappa shape index (κ1) is 19.7. The van der Waals surface area contributed by atoms with Crippen LogP contribution in [-0.4, -0.2) is 22.7 Å². The van der Waals surface area contributed by atoms with Gasteiger partial charge >= 0.3 is 0 Å². The highest BCUT2D eigenvalue weighted by Gasteiger charge is 2.23. The minimum Gasteiger partial charge on any atom is -0.505 e. The van der Waals surface area contributed by atoms with Gasteiger partial charge in [0.15, 0.2) is 5.75 Å². The minimum absolute atomic E-state index is 0.170. The van der Waals surface area contributed by atoms with Crippen LogP contribution in [0.25, 0.3) is 10.2 Å². The first-order chi connectivity index (χ1) is 14.6. The SMILES string of the molecule is COc1ccccc1CNC(=O)c1c(O)c2sccc2n(Cc2ccccc2)c1=O. The van der Waals surface area contributed by atoms with E-state index in [4.69, 9.17) is 4.74 Å². The van der Waals surface area contributed by atoms with E-state index in [1.165, 1.54) is 15.9 Å². The number of carbonyl (C=O) groups excluding carboxylic acids is 1.